The maximum atomic E-state index is 3.57. The van der Waals surface area contributed by atoms with Crippen LogP contribution in [0.1, 0.15) is 39.5 Å². The van der Waals surface area contributed by atoms with Crippen LogP contribution in [0.4, 0.5) is 0 Å². The maximum absolute atomic E-state index is 3.57. The summed E-state index contributed by atoms with van der Waals surface area (Å²) >= 11 is 0. The van der Waals surface area contributed by atoms with Crippen LogP contribution in [0.25, 0.3) is 0 Å². The molecular formula is C11H21N. The highest BCUT2D eigenvalue weighted by Gasteiger charge is 2.38. The van der Waals surface area contributed by atoms with Gasteiger partial charge in [-0.3, -0.25) is 0 Å². The van der Waals surface area contributed by atoms with E-state index in [9.17, 15) is 0 Å². The molecule has 0 spiro atoms. The molecule has 3 atom stereocenters. The minimum absolute atomic E-state index is 0.670. The van der Waals surface area contributed by atoms with Crippen molar-refractivity contribution in [2.24, 2.45) is 17.8 Å². The van der Waals surface area contributed by atoms with Crippen molar-refractivity contribution in [3.63, 3.8) is 0 Å². The molecule has 2 rings (SSSR count). The van der Waals surface area contributed by atoms with Crippen molar-refractivity contribution in [2.45, 2.75) is 45.6 Å². The predicted octanol–water partition coefficient (Wildman–Crippen LogP) is 2.42. The fourth-order valence-electron chi connectivity index (χ4n) is 3.01. The lowest BCUT2D eigenvalue weighted by atomic mass is 9.89. The van der Waals surface area contributed by atoms with E-state index < -0.39 is 0 Å². The molecule has 2 aliphatic carbocycles. The molecule has 1 nitrogen and oxygen atoms in total. The Balaban J connectivity index is 1.76. The molecular weight excluding hydrogens is 146 g/mol. The Morgan fingerprint density at radius 2 is 2.08 bits per heavy atom. The average Bonchev–Trinajstić information content (AvgIpc) is 2.60. The van der Waals surface area contributed by atoms with Gasteiger partial charge in [0.2, 0.25) is 0 Å². The minimum atomic E-state index is 0.670. The van der Waals surface area contributed by atoms with Crippen LogP contribution in [-0.2, 0) is 0 Å². The predicted molar refractivity (Wildman–Crippen MR) is 52.1 cm³/mol. The van der Waals surface area contributed by atoms with E-state index in [1.165, 1.54) is 25.8 Å². The maximum Gasteiger partial charge on any atom is 0.00104 e. The second kappa shape index (κ2) is 3.37. The Bertz CT molecular complexity index is 153. The summed E-state index contributed by atoms with van der Waals surface area (Å²) in [6.07, 6.45) is 6.12. The SMILES string of the molecule is CC(C)NCC1CC2CCC1C2. The largest absolute Gasteiger partial charge is 0.314 e. The highest BCUT2D eigenvalue weighted by Crippen LogP contribution is 2.47. The van der Waals surface area contributed by atoms with E-state index in [-0.39, 0.29) is 0 Å². The second-order valence-corrected chi connectivity index (χ2v) is 5.00. The van der Waals surface area contributed by atoms with Gasteiger partial charge < -0.3 is 5.32 Å². The van der Waals surface area contributed by atoms with Gasteiger partial charge in [0.1, 0.15) is 0 Å². The molecule has 2 saturated carbocycles. The third-order valence-electron chi connectivity index (χ3n) is 3.67. The van der Waals surface area contributed by atoms with Crippen LogP contribution in [0.3, 0.4) is 0 Å². The molecule has 12 heavy (non-hydrogen) atoms. The van der Waals surface area contributed by atoms with Crippen LogP contribution in [-0.4, -0.2) is 12.6 Å². The summed E-state index contributed by atoms with van der Waals surface area (Å²) in [7, 11) is 0. The van der Waals surface area contributed by atoms with E-state index in [0.717, 1.165) is 17.8 Å². The van der Waals surface area contributed by atoms with Crippen molar-refractivity contribution in [3.8, 4) is 0 Å². The number of fused-ring (bicyclic) bond motifs is 2. The number of rotatable bonds is 3. The van der Waals surface area contributed by atoms with Gasteiger partial charge in [-0.05, 0) is 43.6 Å². The molecule has 0 aromatic heterocycles. The van der Waals surface area contributed by atoms with Crippen molar-refractivity contribution >= 4 is 0 Å². The van der Waals surface area contributed by atoms with E-state index >= 15 is 0 Å². The van der Waals surface area contributed by atoms with E-state index in [4.69, 9.17) is 0 Å². The molecule has 0 aromatic rings. The van der Waals surface area contributed by atoms with Crippen molar-refractivity contribution in [3.05, 3.63) is 0 Å². The lowest BCUT2D eigenvalue weighted by molar-refractivity contribution is 0.311. The molecule has 0 saturated heterocycles. The monoisotopic (exact) mass is 167 g/mol. The second-order valence-electron chi connectivity index (χ2n) is 5.00. The summed E-state index contributed by atoms with van der Waals surface area (Å²) in [5.74, 6) is 3.21. The van der Waals surface area contributed by atoms with Crippen molar-refractivity contribution in [1.29, 1.82) is 0 Å². The topological polar surface area (TPSA) is 12.0 Å². The molecule has 0 aromatic carbocycles. The zero-order valence-electron chi connectivity index (χ0n) is 8.34. The molecule has 0 amide bonds. The fourth-order valence-corrected chi connectivity index (χ4v) is 3.01. The highest BCUT2D eigenvalue weighted by atomic mass is 14.9. The van der Waals surface area contributed by atoms with Gasteiger partial charge in [0.15, 0.2) is 0 Å². The molecule has 2 fully saturated rings. The van der Waals surface area contributed by atoms with Crippen LogP contribution in [0, 0.1) is 17.8 Å². The first-order valence-electron chi connectivity index (χ1n) is 5.49. The minimum Gasteiger partial charge on any atom is -0.314 e. The summed E-state index contributed by atoms with van der Waals surface area (Å²) < 4.78 is 0. The van der Waals surface area contributed by atoms with Gasteiger partial charge in [-0.15, -0.1) is 0 Å². The smallest absolute Gasteiger partial charge is 0.00104 e. The average molecular weight is 167 g/mol. The summed E-state index contributed by atoms with van der Waals surface area (Å²) in [5.41, 5.74) is 0. The van der Waals surface area contributed by atoms with Gasteiger partial charge in [-0.1, -0.05) is 20.3 Å². The summed E-state index contributed by atoms with van der Waals surface area (Å²) in [4.78, 5) is 0. The molecule has 1 N–H and O–H groups in total. The molecule has 2 aliphatic rings. The molecule has 70 valence electrons. The lowest BCUT2D eigenvalue weighted by Gasteiger charge is -2.22. The normalized spacial score (nSPS) is 39.8. The zero-order chi connectivity index (χ0) is 8.55. The molecule has 1 heteroatoms. The standard InChI is InChI=1S/C11H21N/c1-8(2)12-7-11-6-9-3-4-10(11)5-9/h8-12H,3-7H2,1-2H3. The van der Waals surface area contributed by atoms with Gasteiger partial charge in [-0.2, -0.15) is 0 Å². The Kier molecular flexibility index (Phi) is 2.40. The third-order valence-corrected chi connectivity index (χ3v) is 3.67. The Morgan fingerprint density at radius 1 is 1.25 bits per heavy atom. The van der Waals surface area contributed by atoms with E-state index in [1.807, 2.05) is 0 Å². The van der Waals surface area contributed by atoms with E-state index in [2.05, 4.69) is 19.2 Å². The van der Waals surface area contributed by atoms with Gasteiger partial charge in [0.25, 0.3) is 0 Å². The van der Waals surface area contributed by atoms with Gasteiger partial charge in [0.05, 0.1) is 0 Å². The van der Waals surface area contributed by atoms with Crippen LogP contribution < -0.4 is 5.32 Å². The van der Waals surface area contributed by atoms with Crippen molar-refractivity contribution in [1.82, 2.24) is 5.32 Å². The quantitative estimate of drug-likeness (QED) is 0.680. The van der Waals surface area contributed by atoms with E-state index in [1.54, 1.807) is 6.42 Å². The van der Waals surface area contributed by atoms with Crippen LogP contribution in [0.2, 0.25) is 0 Å². The fraction of sp³-hybridized carbons (Fsp3) is 1.00. The number of hydrogen-bond acceptors (Lipinski definition) is 1. The number of hydrogen-bond donors (Lipinski definition) is 1. The summed E-state index contributed by atoms with van der Waals surface area (Å²) in [5, 5.41) is 3.57. The van der Waals surface area contributed by atoms with Gasteiger partial charge in [-0.25, -0.2) is 0 Å². The zero-order valence-corrected chi connectivity index (χ0v) is 8.34. The number of nitrogens with one attached hydrogen (secondary N) is 1. The molecule has 3 unspecified atom stereocenters. The van der Waals surface area contributed by atoms with Crippen molar-refractivity contribution < 1.29 is 0 Å². The first-order valence-corrected chi connectivity index (χ1v) is 5.49. The lowest BCUT2D eigenvalue weighted by Crippen LogP contribution is -2.31. The van der Waals surface area contributed by atoms with Crippen LogP contribution in [0.15, 0.2) is 0 Å². The first kappa shape index (κ1) is 8.55. The van der Waals surface area contributed by atoms with Gasteiger partial charge in [0, 0.05) is 6.04 Å². The molecule has 2 bridgehead atoms. The summed E-state index contributed by atoms with van der Waals surface area (Å²) in [6.45, 7) is 5.76. The van der Waals surface area contributed by atoms with Crippen molar-refractivity contribution in [2.75, 3.05) is 6.54 Å². The molecule has 0 radical (unpaired) electrons. The summed E-state index contributed by atoms with van der Waals surface area (Å²) in [6, 6.07) is 0.670. The molecule has 0 heterocycles. The Hall–Kier alpha value is -0.0400. The van der Waals surface area contributed by atoms with Gasteiger partial charge >= 0.3 is 0 Å². The van der Waals surface area contributed by atoms with E-state index in [0.29, 0.717) is 6.04 Å². The molecule has 0 aliphatic heterocycles. The Morgan fingerprint density at radius 3 is 2.58 bits per heavy atom. The Labute approximate surface area is 75.9 Å². The highest BCUT2D eigenvalue weighted by molar-refractivity contribution is 4.90. The van der Waals surface area contributed by atoms with Crippen LogP contribution in [0.5, 0.6) is 0 Å². The third kappa shape index (κ3) is 1.66. The van der Waals surface area contributed by atoms with Crippen LogP contribution >= 0.6 is 0 Å². The first-order chi connectivity index (χ1) is 5.75.